The lowest BCUT2D eigenvalue weighted by Crippen LogP contribution is -1.58. The van der Waals surface area contributed by atoms with Crippen LogP contribution in [0.15, 0.2) is 30.5 Å². The molecule has 0 aliphatic heterocycles. The zero-order chi connectivity index (χ0) is 8.59. The van der Waals surface area contributed by atoms with Crippen LogP contribution >= 0.6 is 0 Å². The smallest absolute Gasteiger partial charge is 0.0840 e. The summed E-state index contributed by atoms with van der Waals surface area (Å²) in [5, 5.41) is 0. The van der Waals surface area contributed by atoms with Gasteiger partial charge in [-0.1, -0.05) is 6.04 Å². The third-order valence-corrected chi connectivity index (χ3v) is 0.349. The van der Waals surface area contributed by atoms with E-state index in [1.807, 2.05) is 0 Å². The average molecular weight is 98.0 g/mol. The van der Waals surface area contributed by atoms with E-state index < -0.39 is 30.5 Å². The molecular formula is C5H8BN. The molecule has 36 valence electrons. The van der Waals surface area contributed by atoms with Gasteiger partial charge < -0.3 is 0 Å². The molecule has 1 aromatic rings. The Kier molecular flexibility index (Phi) is 0.788. The van der Waals surface area contributed by atoms with Crippen molar-refractivity contribution in [1.82, 2.24) is 4.98 Å². The minimum absolute atomic E-state index is 0. The van der Waals surface area contributed by atoms with E-state index in [2.05, 4.69) is 4.98 Å². The van der Waals surface area contributed by atoms with Gasteiger partial charge >= 0.3 is 0 Å². The third-order valence-electron chi connectivity index (χ3n) is 0.349. The second-order valence-electron chi connectivity index (χ2n) is 0.710. The van der Waals surface area contributed by atoms with E-state index in [1.165, 1.54) is 0 Å². The Hall–Kier alpha value is -0.785. The van der Waals surface area contributed by atoms with E-state index >= 15 is 0 Å². The Bertz CT molecular complexity index is 276. The second-order valence-corrected chi connectivity index (χ2v) is 0.710. The van der Waals surface area contributed by atoms with E-state index in [-0.39, 0.29) is 8.41 Å². The van der Waals surface area contributed by atoms with E-state index in [0.717, 1.165) is 0 Å². The first-order valence-corrected chi connectivity index (χ1v) is 1.45. The van der Waals surface area contributed by atoms with Gasteiger partial charge in [0.1, 0.15) is 0 Å². The molecular weight excluding hydrogens is 84.9 g/mol. The lowest BCUT2D eigenvalue weighted by atomic mass is 10.5. The number of rotatable bonds is 0. The molecule has 0 bridgehead atoms. The van der Waals surface area contributed by atoms with Gasteiger partial charge in [-0.25, -0.2) is 0 Å². The summed E-state index contributed by atoms with van der Waals surface area (Å²) in [7, 11) is 0. The Labute approximate surface area is 52.0 Å². The Morgan fingerprint density at radius 1 is 1.14 bits per heavy atom. The number of hydrogen-bond donors (Lipinski definition) is 0. The molecule has 1 nitrogen and oxygen atoms in total. The quantitative estimate of drug-likeness (QED) is 0.413. The summed E-state index contributed by atoms with van der Waals surface area (Å²) in [6.07, 6.45) is -0.841. The van der Waals surface area contributed by atoms with Crippen LogP contribution in [-0.4, -0.2) is 13.4 Å². The van der Waals surface area contributed by atoms with Crippen molar-refractivity contribution in [2.45, 2.75) is 0 Å². The Morgan fingerprint density at radius 2 is 1.71 bits per heavy atom. The van der Waals surface area contributed by atoms with Gasteiger partial charge in [0.15, 0.2) is 0 Å². The van der Waals surface area contributed by atoms with Crippen LogP contribution in [0.3, 0.4) is 0 Å². The summed E-state index contributed by atoms with van der Waals surface area (Å²) >= 11 is 0. The van der Waals surface area contributed by atoms with Crippen LogP contribution in [0.1, 0.15) is 6.85 Å². The monoisotopic (exact) mass is 98.1 g/mol. The van der Waals surface area contributed by atoms with Gasteiger partial charge in [0.05, 0.1) is 15.3 Å². The van der Waals surface area contributed by atoms with Gasteiger partial charge in [-0.2, -0.15) is 0 Å². The van der Waals surface area contributed by atoms with Crippen molar-refractivity contribution in [3.63, 3.8) is 0 Å². The molecule has 0 fully saturated rings. The Balaban J connectivity index is 0.00000121. The lowest BCUT2D eigenvalue weighted by molar-refractivity contribution is 1.33. The molecule has 0 unspecified atom stereocenters. The van der Waals surface area contributed by atoms with Crippen LogP contribution in [-0.2, 0) is 0 Å². The second kappa shape index (κ2) is 3.41. The van der Waals surface area contributed by atoms with Crippen molar-refractivity contribution in [3.05, 3.63) is 30.5 Å². The van der Waals surface area contributed by atoms with E-state index in [4.69, 9.17) is 6.85 Å². The molecule has 0 atom stereocenters. The molecule has 0 spiro atoms. The van der Waals surface area contributed by atoms with Crippen LogP contribution in [0.4, 0.5) is 0 Å². The fourth-order valence-electron chi connectivity index (χ4n) is 0.171. The van der Waals surface area contributed by atoms with E-state index in [9.17, 15) is 0 Å². The van der Waals surface area contributed by atoms with Crippen LogP contribution in [0.2, 0.25) is 0 Å². The molecule has 0 aliphatic carbocycles. The van der Waals surface area contributed by atoms with Crippen LogP contribution in [0.25, 0.3) is 0 Å². The molecule has 0 saturated carbocycles. The molecule has 0 amide bonds. The predicted octanol–water partition coefficient (Wildman–Crippen LogP) is -0.102. The summed E-state index contributed by atoms with van der Waals surface area (Å²) in [4.78, 5) is 3.27. The molecule has 1 aromatic heterocycles. The molecule has 0 radical (unpaired) electrons. The topological polar surface area (TPSA) is 12.9 Å². The van der Waals surface area contributed by atoms with Crippen LogP contribution in [0, 0.1) is 0 Å². The van der Waals surface area contributed by atoms with Gasteiger partial charge in [-0.15, -0.1) is 0 Å². The standard InChI is InChI=1S/C5H5N.BH3/c1-2-4-6-5-3-1;/h1-5H;1H3/i1D,2D,3D,4D,5D;. The fraction of sp³-hybridized carbons (Fsp3) is 0. The van der Waals surface area contributed by atoms with Gasteiger partial charge in [-0.05, 0) is 12.1 Å². The average Bonchev–Trinajstić information content (AvgIpc) is 1.97. The Morgan fingerprint density at radius 3 is 2.29 bits per heavy atom. The highest BCUT2D eigenvalue weighted by atomic mass is 14.6. The maximum absolute atomic E-state index is 7.07. The van der Waals surface area contributed by atoms with Crippen LogP contribution < -0.4 is 0 Å². The number of hydrogen-bond acceptors (Lipinski definition) is 1. The van der Waals surface area contributed by atoms with Crippen LogP contribution in [0.5, 0.6) is 0 Å². The molecule has 0 saturated heterocycles. The lowest BCUT2D eigenvalue weighted by Gasteiger charge is -1.70. The molecule has 1 rings (SSSR count). The summed E-state index contributed by atoms with van der Waals surface area (Å²) in [5.74, 6) is 0. The first kappa shape index (κ1) is 1.62. The van der Waals surface area contributed by atoms with E-state index in [0.29, 0.717) is 0 Å². The van der Waals surface area contributed by atoms with Crippen molar-refractivity contribution in [3.8, 4) is 0 Å². The SMILES string of the molecule is B.[2H]c1nc([2H])c([2H])c([2H])c1[2H]. The zero-order valence-corrected chi connectivity index (χ0v) is 2.95. The van der Waals surface area contributed by atoms with Gasteiger partial charge in [0.2, 0.25) is 0 Å². The number of nitrogens with zero attached hydrogens (tertiary/aromatic N) is 1. The highest BCUT2D eigenvalue weighted by Gasteiger charge is 1.58. The predicted molar refractivity (Wildman–Crippen MR) is 34.2 cm³/mol. The third kappa shape index (κ3) is 1.98. The van der Waals surface area contributed by atoms with Crippen molar-refractivity contribution in [2.24, 2.45) is 0 Å². The van der Waals surface area contributed by atoms with Crippen molar-refractivity contribution in [1.29, 1.82) is 0 Å². The van der Waals surface area contributed by atoms with Crippen molar-refractivity contribution >= 4 is 8.41 Å². The van der Waals surface area contributed by atoms with E-state index in [1.54, 1.807) is 0 Å². The van der Waals surface area contributed by atoms with Crippen molar-refractivity contribution < 1.29 is 6.85 Å². The molecule has 2 heteroatoms. The number of aromatic nitrogens is 1. The van der Waals surface area contributed by atoms with Gasteiger partial charge in [0, 0.05) is 12.3 Å². The molecule has 0 N–H and O–H groups in total. The first-order valence-electron chi connectivity index (χ1n) is 3.95. The minimum atomic E-state index is -0.420. The highest BCUT2D eigenvalue weighted by Crippen LogP contribution is 1.73. The fourth-order valence-corrected chi connectivity index (χ4v) is 0.171. The van der Waals surface area contributed by atoms with Gasteiger partial charge in [0.25, 0.3) is 0 Å². The number of pyridine rings is 1. The molecule has 7 heavy (non-hydrogen) atoms. The minimum Gasteiger partial charge on any atom is -0.265 e. The summed E-state index contributed by atoms with van der Waals surface area (Å²) in [6.45, 7) is 0. The van der Waals surface area contributed by atoms with Crippen molar-refractivity contribution in [2.75, 3.05) is 0 Å². The molecule has 0 aliphatic rings. The largest absolute Gasteiger partial charge is 0.265 e. The normalized spacial score (nSPS) is 16.9. The maximum atomic E-state index is 7.07. The summed E-state index contributed by atoms with van der Waals surface area (Å²) in [6, 6.07) is -1.20. The summed E-state index contributed by atoms with van der Waals surface area (Å²) in [5.41, 5.74) is 0. The zero-order valence-electron chi connectivity index (χ0n) is 7.95. The highest BCUT2D eigenvalue weighted by molar-refractivity contribution is 5.75. The summed E-state index contributed by atoms with van der Waals surface area (Å²) < 4.78 is 35.1. The van der Waals surface area contributed by atoms with Gasteiger partial charge in [-0.3, -0.25) is 4.98 Å². The molecule has 0 aromatic carbocycles. The molecule has 1 heterocycles. The maximum Gasteiger partial charge on any atom is 0.0840 e. The first-order chi connectivity index (χ1) is 5.04.